The summed E-state index contributed by atoms with van der Waals surface area (Å²) in [6, 6.07) is 11.8. The maximum Gasteiger partial charge on any atom is 0.341 e. The summed E-state index contributed by atoms with van der Waals surface area (Å²) in [6.45, 7) is 0. The number of hydrogen-bond donors (Lipinski definition) is 0. The minimum Gasteiger partial charge on any atom is -0.454 e. The number of nitrogens with zero attached hydrogens (tertiary/aromatic N) is 2. The molecule has 0 spiro atoms. The molecule has 0 unspecified atom stereocenters. The van der Waals surface area contributed by atoms with Gasteiger partial charge in [-0.25, -0.2) is 13.9 Å². The lowest BCUT2D eigenvalue weighted by Gasteiger charge is -2.12. The topological polar surface area (TPSA) is 44.1 Å². The SMILES string of the molecule is O=C(O[C@@H]1CCc2c(Br)cccc21)c1cnn(-c2ccc(F)cc2)c1. The number of carbonyl (C=O) groups is 1. The van der Waals surface area contributed by atoms with Crippen LogP contribution in [0.25, 0.3) is 5.69 Å². The van der Waals surface area contributed by atoms with Crippen molar-refractivity contribution in [2.45, 2.75) is 18.9 Å². The first kappa shape index (κ1) is 16.0. The van der Waals surface area contributed by atoms with Crippen LogP contribution >= 0.6 is 15.9 Å². The van der Waals surface area contributed by atoms with Gasteiger partial charge in [0.1, 0.15) is 11.9 Å². The van der Waals surface area contributed by atoms with Crippen LogP contribution in [0.15, 0.2) is 59.3 Å². The molecule has 0 radical (unpaired) electrons. The van der Waals surface area contributed by atoms with Crippen LogP contribution in [0.1, 0.15) is 34.0 Å². The monoisotopic (exact) mass is 400 g/mol. The number of ether oxygens (including phenoxy) is 1. The molecule has 4 nitrogen and oxygen atoms in total. The normalized spacial score (nSPS) is 15.8. The fourth-order valence-corrected chi connectivity index (χ4v) is 3.63. The molecule has 2 aromatic carbocycles. The van der Waals surface area contributed by atoms with Gasteiger partial charge in [-0.05, 0) is 54.3 Å². The molecular formula is C19H14BrFN2O2. The predicted octanol–water partition coefficient (Wildman–Crippen LogP) is 4.62. The predicted molar refractivity (Wildman–Crippen MR) is 94.1 cm³/mol. The first-order valence-electron chi connectivity index (χ1n) is 7.91. The number of rotatable bonds is 3. The molecule has 3 aromatic rings. The molecule has 1 heterocycles. The van der Waals surface area contributed by atoms with Gasteiger partial charge in [-0.15, -0.1) is 0 Å². The molecule has 0 saturated carbocycles. The van der Waals surface area contributed by atoms with Gasteiger partial charge >= 0.3 is 5.97 Å². The highest BCUT2D eigenvalue weighted by molar-refractivity contribution is 9.10. The van der Waals surface area contributed by atoms with Crippen LogP contribution in [0.2, 0.25) is 0 Å². The van der Waals surface area contributed by atoms with Gasteiger partial charge in [0.15, 0.2) is 0 Å². The van der Waals surface area contributed by atoms with E-state index >= 15 is 0 Å². The Morgan fingerprint density at radius 1 is 1.24 bits per heavy atom. The zero-order valence-corrected chi connectivity index (χ0v) is 14.7. The van der Waals surface area contributed by atoms with Gasteiger partial charge < -0.3 is 4.74 Å². The van der Waals surface area contributed by atoms with Crippen LogP contribution < -0.4 is 0 Å². The van der Waals surface area contributed by atoms with E-state index in [2.05, 4.69) is 21.0 Å². The molecule has 1 atom stereocenters. The van der Waals surface area contributed by atoms with Crippen molar-refractivity contribution in [1.82, 2.24) is 9.78 Å². The van der Waals surface area contributed by atoms with Crippen molar-refractivity contribution in [3.8, 4) is 5.69 Å². The van der Waals surface area contributed by atoms with E-state index in [9.17, 15) is 9.18 Å². The van der Waals surface area contributed by atoms with Gasteiger partial charge in [0.25, 0.3) is 0 Å². The van der Waals surface area contributed by atoms with Gasteiger partial charge in [0.05, 0.1) is 17.4 Å². The van der Waals surface area contributed by atoms with Gasteiger partial charge in [-0.1, -0.05) is 28.1 Å². The van der Waals surface area contributed by atoms with E-state index in [0.717, 1.165) is 22.9 Å². The lowest BCUT2D eigenvalue weighted by molar-refractivity contribution is 0.0301. The van der Waals surface area contributed by atoms with Crippen LogP contribution in [-0.4, -0.2) is 15.7 Å². The maximum absolute atomic E-state index is 13.0. The third-order valence-corrected chi connectivity index (χ3v) is 5.06. The van der Waals surface area contributed by atoms with E-state index in [1.807, 2.05) is 18.2 Å². The lowest BCUT2D eigenvalue weighted by atomic mass is 10.1. The summed E-state index contributed by atoms with van der Waals surface area (Å²) < 4.78 is 21.3. The van der Waals surface area contributed by atoms with Gasteiger partial charge in [-0.2, -0.15) is 5.10 Å². The van der Waals surface area contributed by atoms with Crippen LogP contribution in [0.3, 0.4) is 0 Å². The molecule has 25 heavy (non-hydrogen) atoms. The fourth-order valence-electron chi connectivity index (χ4n) is 3.05. The van der Waals surface area contributed by atoms with E-state index in [-0.39, 0.29) is 11.9 Å². The molecule has 4 rings (SSSR count). The minimum atomic E-state index is -0.411. The number of carbonyl (C=O) groups excluding carboxylic acids is 1. The molecule has 0 saturated heterocycles. The van der Waals surface area contributed by atoms with Crippen molar-refractivity contribution in [3.05, 3.63) is 81.8 Å². The van der Waals surface area contributed by atoms with Crippen LogP contribution in [0.4, 0.5) is 4.39 Å². The third kappa shape index (κ3) is 3.09. The molecule has 0 amide bonds. The van der Waals surface area contributed by atoms with E-state index in [1.165, 1.54) is 28.6 Å². The van der Waals surface area contributed by atoms with Crippen molar-refractivity contribution in [2.75, 3.05) is 0 Å². The summed E-state index contributed by atoms with van der Waals surface area (Å²) in [5.74, 6) is -0.729. The fraction of sp³-hybridized carbons (Fsp3) is 0.158. The number of halogens is 2. The zero-order chi connectivity index (χ0) is 17.4. The maximum atomic E-state index is 13.0. The molecular weight excluding hydrogens is 387 g/mol. The molecule has 6 heteroatoms. The number of hydrogen-bond acceptors (Lipinski definition) is 3. The van der Waals surface area contributed by atoms with Crippen LogP contribution in [0, 0.1) is 5.82 Å². The average Bonchev–Trinajstić information content (AvgIpc) is 3.24. The largest absolute Gasteiger partial charge is 0.454 e. The standard InChI is InChI=1S/C19H14BrFN2O2/c20-17-3-1-2-16-15(17)8-9-18(16)25-19(24)12-10-22-23(11-12)14-6-4-13(21)5-7-14/h1-7,10-11,18H,8-9H2/t18-/m1/s1. The van der Waals surface area contributed by atoms with Gasteiger partial charge in [0, 0.05) is 10.7 Å². The Bertz CT molecular complexity index is 937. The van der Waals surface area contributed by atoms with E-state index in [4.69, 9.17) is 4.74 Å². The Balaban J connectivity index is 1.52. The van der Waals surface area contributed by atoms with Crippen LogP contribution in [0.5, 0.6) is 0 Å². The highest BCUT2D eigenvalue weighted by atomic mass is 79.9. The molecule has 0 bridgehead atoms. The second-order valence-corrected chi connectivity index (χ2v) is 6.74. The second kappa shape index (κ2) is 6.44. The van der Waals surface area contributed by atoms with Gasteiger partial charge in [0.2, 0.25) is 0 Å². The summed E-state index contributed by atoms with van der Waals surface area (Å²) >= 11 is 3.54. The smallest absolute Gasteiger partial charge is 0.341 e. The quantitative estimate of drug-likeness (QED) is 0.602. The summed E-state index contributed by atoms with van der Waals surface area (Å²) in [5, 5.41) is 4.16. The zero-order valence-electron chi connectivity index (χ0n) is 13.2. The third-order valence-electron chi connectivity index (χ3n) is 4.32. The summed E-state index contributed by atoms with van der Waals surface area (Å²) in [7, 11) is 0. The molecule has 1 aliphatic rings. The number of benzene rings is 2. The Morgan fingerprint density at radius 2 is 2.04 bits per heavy atom. The minimum absolute atomic E-state index is 0.242. The molecule has 1 aromatic heterocycles. The van der Waals surface area contributed by atoms with E-state index in [0.29, 0.717) is 11.3 Å². The van der Waals surface area contributed by atoms with Crippen molar-refractivity contribution in [2.24, 2.45) is 0 Å². The van der Waals surface area contributed by atoms with Crippen LogP contribution in [-0.2, 0) is 11.2 Å². The Morgan fingerprint density at radius 3 is 2.84 bits per heavy atom. The Hall–Kier alpha value is -2.47. The molecule has 0 N–H and O–H groups in total. The average molecular weight is 401 g/mol. The van der Waals surface area contributed by atoms with E-state index < -0.39 is 5.97 Å². The first-order valence-corrected chi connectivity index (χ1v) is 8.70. The van der Waals surface area contributed by atoms with Crippen molar-refractivity contribution < 1.29 is 13.9 Å². The molecule has 0 aliphatic heterocycles. The number of esters is 1. The lowest BCUT2D eigenvalue weighted by Crippen LogP contribution is -2.09. The Kier molecular flexibility index (Phi) is 4.13. The summed E-state index contributed by atoms with van der Waals surface area (Å²) in [6.07, 6.45) is 4.46. The first-order chi connectivity index (χ1) is 12.1. The number of fused-ring (bicyclic) bond motifs is 1. The highest BCUT2D eigenvalue weighted by Crippen LogP contribution is 2.38. The highest BCUT2D eigenvalue weighted by Gasteiger charge is 2.27. The molecule has 126 valence electrons. The van der Waals surface area contributed by atoms with Crippen molar-refractivity contribution in [3.63, 3.8) is 0 Å². The van der Waals surface area contributed by atoms with E-state index in [1.54, 1.807) is 18.3 Å². The van der Waals surface area contributed by atoms with Crippen molar-refractivity contribution in [1.29, 1.82) is 0 Å². The number of aromatic nitrogens is 2. The van der Waals surface area contributed by atoms with Gasteiger partial charge in [-0.3, -0.25) is 0 Å². The summed E-state index contributed by atoms with van der Waals surface area (Å²) in [4.78, 5) is 12.4. The van der Waals surface area contributed by atoms with Crippen molar-refractivity contribution >= 4 is 21.9 Å². The second-order valence-electron chi connectivity index (χ2n) is 5.89. The molecule has 0 fully saturated rings. The molecule has 1 aliphatic carbocycles. The summed E-state index contributed by atoms with van der Waals surface area (Å²) in [5.41, 5.74) is 3.29. The Labute approximate surface area is 152 Å².